The maximum atomic E-state index is 15.3. The second-order valence-corrected chi connectivity index (χ2v) is 19.9. The van der Waals surface area contributed by atoms with E-state index in [9.17, 15) is 0 Å². The number of hydrogen-bond acceptors (Lipinski definition) is 9. The zero-order chi connectivity index (χ0) is 54.8. The third-order valence-electron chi connectivity index (χ3n) is 14.1. The lowest BCUT2D eigenvalue weighted by Crippen LogP contribution is -2.33. The highest BCUT2D eigenvalue weighted by molar-refractivity contribution is 5.91. The van der Waals surface area contributed by atoms with Crippen molar-refractivity contribution in [2.45, 2.75) is 71.1 Å². The molecule has 10 aromatic rings. The van der Waals surface area contributed by atoms with Crippen LogP contribution < -0.4 is 33.2 Å². The van der Waals surface area contributed by atoms with Crippen molar-refractivity contribution in [2.75, 3.05) is 0 Å². The number of ether oxygens (including phenoxy) is 8. The van der Waals surface area contributed by atoms with E-state index in [2.05, 4.69) is 18.2 Å². The molecule has 0 unspecified atom stereocenters. The number of fused-ring (bicyclic) bond motifs is 1. The first-order chi connectivity index (χ1) is 40.0. The molecule has 0 aromatic heterocycles. The lowest BCUT2D eigenvalue weighted by Gasteiger charge is -2.34. The Morgan fingerprint density at radius 3 is 0.975 bits per heavy atom. The van der Waals surface area contributed by atoms with Crippen LogP contribution in [-0.2, 0) is 63.8 Å². The average Bonchev–Trinajstić information content (AvgIpc) is 3.53. The topological polar surface area (TPSA) is 90.9 Å². The Kier molecular flexibility index (Phi) is 17.6. The standard InChI is InChI=1S/C72H62O9/c73-72(61-42-68(77-48-55-29-14-4-15-30-55)71(80-51-58-35-20-7-21-36-58)69(43-61)78-49-56-31-16-5-17-32-56)81-65-39-59-37-22-38-64(74-45-52-23-8-1-9-24-52)62(59)44-63(65)60-40-66(75-46-53-25-10-2-11-26-53)70(79-50-57-33-18-6-19-34-57)67(41-60)76-47-54-27-12-3-13-28-54/h1-38,40-43,63,65H,39,44-51H2/t63-,65+/m0/s1. The van der Waals surface area contributed by atoms with E-state index < -0.39 is 18.0 Å². The van der Waals surface area contributed by atoms with E-state index in [-0.39, 0.29) is 45.2 Å². The predicted molar refractivity (Wildman–Crippen MR) is 314 cm³/mol. The maximum absolute atomic E-state index is 15.3. The van der Waals surface area contributed by atoms with Gasteiger partial charge in [0.2, 0.25) is 11.5 Å². The van der Waals surface area contributed by atoms with Crippen LogP contribution in [0.15, 0.2) is 255 Å². The minimum Gasteiger partial charge on any atom is -0.489 e. The molecule has 0 spiro atoms. The predicted octanol–water partition coefficient (Wildman–Crippen LogP) is 15.8. The normalized spacial score (nSPS) is 13.5. The molecule has 2 atom stereocenters. The number of rotatable bonds is 24. The van der Waals surface area contributed by atoms with Crippen molar-refractivity contribution in [1.29, 1.82) is 0 Å². The Balaban J connectivity index is 1.00. The molecule has 9 nitrogen and oxygen atoms in total. The van der Waals surface area contributed by atoms with Gasteiger partial charge in [-0.1, -0.05) is 224 Å². The summed E-state index contributed by atoms with van der Waals surface area (Å²) >= 11 is 0. The number of carbonyl (C=O) groups excluding carboxylic acids is 1. The molecule has 81 heavy (non-hydrogen) atoms. The number of benzene rings is 10. The fraction of sp³-hybridized carbons (Fsp3) is 0.153. The Morgan fingerprint density at radius 2 is 0.630 bits per heavy atom. The van der Waals surface area contributed by atoms with Gasteiger partial charge in [-0.25, -0.2) is 4.79 Å². The van der Waals surface area contributed by atoms with E-state index in [1.54, 1.807) is 12.1 Å². The smallest absolute Gasteiger partial charge is 0.338 e. The molecule has 0 aliphatic heterocycles. The molecule has 0 saturated carbocycles. The van der Waals surface area contributed by atoms with E-state index in [0.717, 1.165) is 61.4 Å². The zero-order valence-electron chi connectivity index (χ0n) is 44.9. The Hall–Kier alpha value is -9.73. The van der Waals surface area contributed by atoms with Gasteiger partial charge >= 0.3 is 5.97 Å². The summed E-state index contributed by atoms with van der Waals surface area (Å²) in [6.45, 7) is 1.85. The van der Waals surface area contributed by atoms with Gasteiger partial charge in [0.25, 0.3) is 0 Å². The van der Waals surface area contributed by atoms with Crippen molar-refractivity contribution in [3.05, 3.63) is 316 Å². The molecule has 1 aliphatic carbocycles. The lowest BCUT2D eigenvalue weighted by molar-refractivity contribution is 0.0213. The van der Waals surface area contributed by atoms with Crippen molar-refractivity contribution >= 4 is 5.97 Å². The van der Waals surface area contributed by atoms with Gasteiger partial charge in [-0.05, 0) is 92.4 Å². The van der Waals surface area contributed by atoms with E-state index >= 15 is 4.79 Å². The van der Waals surface area contributed by atoms with Gasteiger partial charge in [0, 0.05) is 12.3 Å². The van der Waals surface area contributed by atoms with Gasteiger partial charge < -0.3 is 37.9 Å². The summed E-state index contributed by atoms with van der Waals surface area (Å²) in [5, 5.41) is 0. The van der Waals surface area contributed by atoms with Crippen LogP contribution in [0.3, 0.4) is 0 Å². The van der Waals surface area contributed by atoms with Gasteiger partial charge in [-0.15, -0.1) is 0 Å². The van der Waals surface area contributed by atoms with E-state index in [1.165, 1.54) is 0 Å². The van der Waals surface area contributed by atoms with Gasteiger partial charge in [0.05, 0.1) is 5.56 Å². The lowest BCUT2D eigenvalue weighted by atomic mass is 9.77. The van der Waals surface area contributed by atoms with Crippen LogP contribution in [0.25, 0.3) is 0 Å². The van der Waals surface area contributed by atoms with Crippen LogP contribution >= 0.6 is 0 Å². The highest BCUT2D eigenvalue weighted by atomic mass is 16.6. The first kappa shape index (κ1) is 53.3. The van der Waals surface area contributed by atoms with Crippen molar-refractivity contribution in [2.24, 2.45) is 0 Å². The SMILES string of the molecule is O=C(O[C@@H]1Cc2cccc(OCc3ccccc3)c2C[C@H]1c1cc(OCc2ccccc2)c(OCc2ccccc2)c(OCc2ccccc2)c1)c1cc(OCc2ccccc2)c(OCc2ccccc2)c(OCc2ccccc2)c1. The maximum Gasteiger partial charge on any atom is 0.338 e. The Morgan fingerprint density at radius 1 is 0.321 bits per heavy atom. The molecule has 0 saturated heterocycles. The first-order valence-electron chi connectivity index (χ1n) is 27.4. The van der Waals surface area contributed by atoms with Gasteiger partial charge in [-0.3, -0.25) is 0 Å². The van der Waals surface area contributed by atoms with Crippen LogP contribution in [0.1, 0.15) is 71.9 Å². The molecule has 0 radical (unpaired) electrons. The molecule has 0 amide bonds. The molecular formula is C72H62O9. The van der Waals surface area contributed by atoms with Crippen LogP contribution in [0.5, 0.6) is 40.2 Å². The Bertz CT molecular complexity index is 3450. The van der Waals surface area contributed by atoms with Crippen LogP contribution in [-0.4, -0.2) is 12.1 Å². The molecule has 404 valence electrons. The second kappa shape index (κ2) is 26.8. The summed E-state index contributed by atoms with van der Waals surface area (Å²) in [6.07, 6.45) is 0.154. The third kappa shape index (κ3) is 14.3. The van der Waals surface area contributed by atoms with Crippen molar-refractivity contribution in [3.8, 4) is 40.2 Å². The van der Waals surface area contributed by atoms with Crippen LogP contribution in [0, 0.1) is 0 Å². The molecule has 9 heteroatoms. The molecule has 0 N–H and O–H groups in total. The Labute approximate surface area is 473 Å². The van der Waals surface area contributed by atoms with E-state index in [0.29, 0.717) is 53.9 Å². The summed E-state index contributed by atoms with van der Waals surface area (Å²) in [4.78, 5) is 15.3. The minimum atomic E-state index is -0.689. The quantitative estimate of drug-likeness (QED) is 0.0549. The second-order valence-electron chi connectivity index (χ2n) is 19.9. The minimum absolute atomic E-state index is 0.212. The molecule has 10 aromatic carbocycles. The highest BCUT2D eigenvalue weighted by Crippen LogP contribution is 2.47. The molecular weight excluding hydrogens is 1010 g/mol. The third-order valence-corrected chi connectivity index (χ3v) is 14.1. The molecule has 0 fully saturated rings. The van der Waals surface area contributed by atoms with Gasteiger partial charge in [0.15, 0.2) is 23.0 Å². The summed E-state index contributed by atoms with van der Waals surface area (Å²) < 4.78 is 53.8. The highest BCUT2D eigenvalue weighted by Gasteiger charge is 2.36. The monoisotopic (exact) mass is 1070 g/mol. The van der Waals surface area contributed by atoms with Gasteiger partial charge in [-0.2, -0.15) is 0 Å². The fourth-order valence-corrected chi connectivity index (χ4v) is 9.90. The number of esters is 1. The van der Waals surface area contributed by atoms with Crippen LogP contribution in [0.2, 0.25) is 0 Å². The molecule has 1 aliphatic rings. The zero-order valence-corrected chi connectivity index (χ0v) is 44.9. The first-order valence-corrected chi connectivity index (χ1v) is 27.4. The molecule has 0 heterocycles. The van der Waals surface area contributed by atoms with Crippen molar-refractivity contribution in [1.82, 2.24) is 0 Å². The van der Waals surface area contributed by atoms with E-state index in [4.69, 9.17) is 37.9 Å². The molecule has 0 bridgehead atoms. The fourth-order valence-electron chi connectivity index (χ4n) is 9.90. The van der Waals surface area contributed by atoms with Crippen LogP contribution in [0.4, 0.5) is 0 Å². The average molecular weight is 1070 g/mol. The summed E-state index contributed by atoms with van der Waals surface area (Å²) in [5.41, 5.74) is 9.96. The summed E-state index contributed by atoms with van der Waals surface area (Å²) in [7, 11) is 0. The van der Waals surface area contributed by atoms with E-state index in [1.807, 2.05) is 224 Å². The summed E-state index contributed by atoms with van der Waals surface area (Å²) in [6, 6.07) is 83.5. The number of hydrogen-bond donors (Lipinski definition) is 0. The largest absolute Gasteiger partial charge is 0.489 e. The van der Waals surface area contributed by atoms with Crippen molar-refractivity contribution < 1.29 is 42.7 Å². The summed E-state index contributed by atoms with van der Waals surface area (Å²) in [5.74, 6) is 2.27. The van der Waals surface area contributed by atoms with Crippen molar-refractivity contribution in [3.63, 3.8) is 0 Å². The van der Waals surface area contributed by atoms with Gasteiger partial charge in [0.1, 0.15) is 58.1 Å². The molecule has 11 rings (SSSR count). The number of carbonyl (C=O) groups is 1.